The van der Waals surface area contributed by atoms with Gasteiger partial charge in [-0.2, -0.15) is 0 Å². The van der Waals surface area contributed by atoms with Gasteiger partial charge in [-0.15, -0.1) is 0 Å². The monoisotopic (exact) mass is 292 g/mol. The minimum atomic E-state index is -0.899. The third kappa shape index (κ3) is 5.95. The molecule has 0 aliphatic heterocycles. The van der Waals surface area contributed by atoms with Gasteiger partial charge in [0.2, 0.25) is 5.91 Å². The van der Waals surface area contributed by atoms with Gasteiger partial charge in [-0.05, 0) is 37.9 Å². The van der Waals surface area contributed by atoms with E-state index >= 15 is 0 Å². The molecule has 21 heavy (non-hydrogen) atoms. The van der Waals surface area contributed by atoms with Crippen LogP contribution in [0.3, 0.4) is 0 Å². The number of carbonyl (C=O) groups excluding carboxylic acids is 1. The van der Waals surface area contributed by atoms with Crippen LogP contribution in [0.4, 0.5) is 5.69 Å². The van der Waals surface area contributed by atoms with Crippen molar-refractivity contribution in [2.75, 3.05) is 18.0 Å². The lowest BCUT2D eigenvalue weighted by Gasteiger charge is -2.24. The molecule has 0 bridgehead atoms. The first-order chi connectivity index (χ1) is 10.1. The van der Waals surface area contributed by atoms with Gasteiger partial charge < -0.3 is 15.7 Å². The van der Waals surface area contributed by atoms with E-state index in [1.165, 1.54) is 0 Å². The van der Waals surface area contributed by atoms with Gasteiger partial charge in [0.1, 0.15) is 0 Å². The van der Waals surface area contributed by atoms with Crippen molar-refractivity contribution < 1.29 is 14.7 Å². The van der Waals surface area contributed by atoms with E-state index in [4.69, 9.17) is 10.8 Å². The van der Waals surface area contributed by atoms with Crippen LogP contribution in [0.1, 0.15) is 37.7 Å². The predicted octanol–water partition coefficient (Wildman–Crippen LogP) is 2.32. The van der Waals surface area contributed by atoms with E-state index in [0.717, 1.165) is 30.5 Å². The molecule has 1 aromatic rings. The Balaban J connectivity index is 2.74. The van der Waals surface area contributed by atoms with Crippen LogP contribution in [-0.4, -0.2) is 30.1 Å². The Hall–Kier alpha value is -1.88. The van der Waals surface area contributed by atoms with E-state index in [1.54, 1.807) is 4.90 Å². The molecule has 1 amide bonds. The van der Waals surface area contributed by atoms with Crippen LogP contribution in [0.5, 0.6) is 0 Å². The van der Waals surface area contributed by atoms with E-state index in [-0.39, 0.29) is 18.9 Å². The second-order valence-corrected chi connectivity index (χ2v) is 5.07. The number of rotatable bonds is 9. The van der Waals surface area contributed by atoms with Crippen molar-refractivity contribution in [3.63, 3.8) is 0 Å². The number of amides is 1. The molecule has 1 aromatic carbocycles. The van der Waals surface area contributed by atoms with Crippen molar-refractivity contribution in [3.05, 3.63) is 29.8 Å². The van der Waals surface area contributed by atoms with Crippen molar-refractivity contribution in [1.29, 1.82) is 0 Å². The summed E-state index contributed by atoms with van der Waals surface area (Å²) in [5.41, 5.74) is 7.20. The summed E-state index contributed by atoms with van der Waals surface area (Å²) in [5, 5.41) is 8.85. The molecular formula is C16H24N2O3. The summed E-state index contributed by atoms with van der Waals surface area (Å²) < 4.78 is 0. The second-order valence-electron chi connectivity index (χ2n) is 5.07. The highest BCUT2D eigenvalue weighted by Gasteiger charge is 2.17. The van der Waals surface area contributed by atoms with Gasteiger partial charge >= 0.3 is 5.97 Å². The second kappa shape index (κ2) is 9.13. The molecule has 0 radical (unpaired) electrons. The average Bonchev–Trinajstić information content (AvgIpc) is 2.45. The fourth-order valence-electron chi connectivity index (χ4n) is 2.19. The molecule has 0 aromatic heterocycles. The Labute approximate surface area is 125 Å². The number of nitrogens with zero attached hydrogens (tertiary/aromatic N) is 1. The molecule has 0 aliphatic rings. The molecular weight excluding hydrogens is 268 g/mol. The Morgan fingerprint density at radius 3 is 2.48 bits per heavy atom. The third-order valence-corrected chi connectivity index (χ3v) is 3.35. The summed E-state index contributed by atoms with van der Waals surface area (Å²) in [7, 11) is 0. The number of hydrogen-bond donors (Lipinski definition) is 2. The molecule has 5 nitrogen and oxygen atoms in total. The number of carbonyl (C=O) groups is 2. The predicted molar refractivity (Wildman–Crippen MR) is 83.3 cm³/mol. The number of anilines is 1. The first-order valence-electron chi connectivity index (χ1n) is 7.34. The van der Waals surface area contributed by atoms with E-state index in [9.17, 15) is 9.59 Å². The molecule has 0 atom stereocenters. The molecule has 116 valence electrons. The molecule has 0 aliphatic carbocycles. The standard InChI is InChI=1S/C16H24N2O3/c1-13-7-4-5-8-14(13)18(12-10-16(20)21)15(19)9-3-2-6-11-17/h4-5,7-8H,2-3,6,9-12,17H2,1H3,(H,20,21). The summed E-state index contributed by atoms with van der Waals surface area (Å²) in [6.07, 6.45) is 2.98. The summed E-state index contributed by atoms with van der Waals surface area (Å²) in [5.74, 6) is -0.924. The number of aryl methyl sites for hydroxylation is 1. The molecule has 0 saturated heterocycles. The van der Waals surface area contributed by atoms with Crippen molar-refractivity contribution in [2.45, 2.75) is 39.0 Å². The fraction of sp³-hybridized carbons (Fsp3) is 0.500. The van der Waals surface area contributed by atoms with Gasteiger partial charge in [-0.1, -0.05) is 24.6 Å². The molecule has 0 fully saturated rings. The van der Waals surface area contributed by atoms with E-state index < -0.39 is 5.97 Å². The number of nitrogens with two attached hydrogens (primary N) is 1. The van der Waals surface area contributed by atoms with E-state index in [1.807, 2.05) is 31.2 Å². The van der Waals surface area contributed by atoms with Crippen LogP contribution >= 0.6 is 0 Å². The summed E-state index contributed by atoms with van der Waals surface area (Å²) in [6, 6.07) is 7.54. The lowest BCUT2D eigenvalue weighted by Crippen LogP contribution is -2.33. The van der Waals surface area contributed by atoms with Gasteiger partial charge in [-0.25, -0.2) is 0 Å². The van der Waals surface area contributed by atoms with Gasteiger partial charge in [0.05, 0.1) is 6.42 Å². The molecule has 0 saturated carbocycles. The zero-order valence-corrected chi connectivity index (χ0v) is 12.5. The number of benzene rings is 1. The van der Waals surface area contributed by atoms with Crippen LogP contribution in [0.2, 0.25) is 0 Å². The van der Waals surface area contributed by atoms with Crippen LogP contribution in [0, 0.1) is 6.92 Å². The Morgan fingerprint density at radius 2 is 1.86 bits per heavy atom. The molecule has 3 N–H and O–H groups in total. The number of para-hydroxylation sites is 1. The van der Waals surface area contributed by atoms with Crippen LogP contribution in [-0.2, 0) is 9.59 Å². The van der Waals surface area contributed by atoms with Gasteiger partial charge in [0.25, 0.3) is 0 Å². The van der Waals surface area contributed by atoms with E-state index in [0.29, 0.717) is 13.0 Å². The highest BCUT2D eigenvalue weighted by Crippen LogP contribution is 2.21. The smallest absolute Gasteiger partial charge is 0.305 e. The average molecular weight is 292 g/mol. The van der Waals surface area contributed by atoms with Crippen molar-refractivity contribution >= 4 is 17.6 Å². The topological polar surface area (TPSA) is 83.6 Å². The highest BCUT2D eigenvalue weighted by molar-refractivity contribution is 5.94. The number of carboxylic acid groups (broad SMARTS) is 1. The zero-order valence-electron chi connectivity index (χ0n) is 12.5. The maximum Gasteiger partial charge on any atom is 0.305 e. The minimum Gasteiger partial charge on any atom is -0.481 e. The number of hydrogen-bond acceptors (Lipinski definition) is 3. The highest BCUT2D eigenvalue weighted by atomic mass is 16.4. The van der Waals surface area contributed by atoms with Crippen molar-refractivity contribution in [1.82, 2.24) is 0 Å². The lowest BCUT2D eigenvalue weighted by atomic mass is 10.1. The zero-order chi connectivity index (χ0) is 15.7. The molecule has 5 heteroatoms. The lowest BCUT2D eigenvalue weighted by molar-refractivity contribution is -0.136. The number of aliphatic carboxylic acids is 1. The maximum atomic E-state index is 12.4. The van der Waals surface area contributed by atoms with Crippen molar-refractivity contribution in [2.24, 2.45) is 5.73 Å². The van der Waals surface area contributed by atoms with Crippen LogP contribution in [0.25, 0.3) is 0 Å². The molecule has 0 unspecified atom stereocenters. The Bertz CT molecular complexity index is 474. The van der Waals surface area contributed by atoms with Crippen LogP contribution < -0.4 is 10.6 Å². The number of carboxylic acids is 1. The Morgan fingerprint density at radius 1 is 1.14 bits per heavy atom. The number of unbranched alkanes of at least 4 members (excludes halogenated alkanes) is 2. The maximum absolute atomic E-state index is 12.4. The van der Waals surface area contributed by atoms with Crippen LogP contribution in [0.15, 0.2) is 24.3 Å². The van der Waals surface area contributed by atoms with Gasteiger partial charge in [0, 0.05) is 18.7 Å². The Kier molecular flexibility index (Phi) is 7.46. The van der Waals surface area contributed by atoms with Gasteiger partial charge in [0.15, 0.2) is 0 Å². The quantitative estimate of drug-likeness (QED) is 0.684. The summed E-state index contributed by atoms with van der Waals surface area (Å²) in [4.78, 5) is 24.8. The van der Waals surface area contributed by atoms with E-state index in [2.05, 4.69) is 0 Å². The minimum absolute atomic E-state index is 0.0254. The third-order valence-electron chi connectivity index (χ3n) is 3.35. The summed E-state index contributed by atoms with van der Waals surface area (Å²) in [6.45, 7) is 2.76. The van der Waals surface area contributed by atoms with Gasteiger partial charge in [-0.3, -0.25) is 9.59 Å². The normalized spacial score (nSPS) is 10.4. The summed E-state index contributed by atoms with van der Waals surface area (Å²) >= 11 is 0. The fourth-order valence-corrected chi connectivity index (χ4v) is 2.19. The first-order valence-corrected chi connectivity index (χ1v) is 7.34. The SMILES string of the molecule is Cc1ccccc1N(CCC(=O)O)C(=O)CCCCCN. The first kappa shape index (κ1) is 17.2. The molecule has 1 rings (SSSR count). The molecule has 0 spiro atoms. The van der Waals surface area contributed by atoms with Crippen molar-refractivity contribution in [3.8, 4) is 0 Å². The molecule has 0 heterocycles. The largest absolute Gasteiger partial charge is 0.481 e.